The van der Waals surface area contributed by atoms with E-state index in [1.54, 1.807) is 12.1 Å². The van der Waals surface area contributed by atoms with E-state index in [2.05, 4.69) is 5.32 Å². The second-order valence-electron chi connectivity index (χ2n) is 9.87. The summed E-state index contributed by atoms with van der Waals surface area (Å²) in [4.78, 5) is 23.3. The third-order valence-electron chi connectivity index (χ3n) is 8.30. The smallest absolute Gasteiger partial charge is 0.310 e. The summed E-state index contributed by atoms with van der Waals surface area (Å²) in [6, 6.07) is 6.76. The highest BCUT2D eigenvalue weighted by atomic mass is 35.5. The molecule has 0 saturated heterocycles. The number of halogens is 2. The summed E-state index contributed by atoms with van der Waals surface area (Å²) in [5, 5.41) is 3.49. The molecule has 0 aromatic heterocycles. The Hall–Kier alpha value is -1.70. The van der Waals surface area contributed by atoms with Gasteiger partial charge in [-0.25, -0.2) is 4.39 Å². The molecule has 8 heteroatoms. The van der Waals surface area contributed by atoms with Crippen molar-refractivity contribution in [2.45, 2.75) is 57.2 Å². The highest BCUT2D eigenvalue weighted by Crippen LogP contribution is 2.49. The molecule has 6 nitrogen and oxygen atoms in total. The van der Waals surface area contributed by atoms with Crippen LogP contribution in [-0.2, 0) is 25.6 Å². The standard InChI is InChI=1S/C16H20FNO2.C9H15NO2.ClH/c1-20-16(19)14-11-4-5-12(8-11)15(14)18-9-10-2-6-13(17)7-3-10;1-12-9(11)7-5-2-3-6(4-5)8(7)10;/h2-3,6-7,11-12,14-15,18H,4-5,8-9H2,1H3;5-8H,2-4,10H2,1H3;1H/t11-,12+,14+,15-;5-,6+,7+,8-;/m00./s1. The van der Waals surface area contributed by atoms with Gasteiger partial charge in [0.25, 0.3) is 0 Å². The summed E-state index contributed by atoms with van der Waals surface area (Å²) in [5.41, 5.74) is 6.98. The van der Waals surface area contributed by atoms with Gasteiger partial charge in [0.1, 0.15) is 5.82 Å². The van der Waals surface area contributed by atoms with E-state index in [0.717, 1.165) is 31.2 Å². The second-order valence-corrected chi connectivity index (χ2v) is 9.87. The number of carbonyl (C=O) groups is 2. The number of esters is 2. The molecule has 184 valence electrons. The first-order valence-corrected chi connectivity index (χ1v) is 11.8. The number of nitrogens with two attached hydrogens (primary N) is 1. The summed E-state index contributed by atoms with van der Waals surface area (Å²) in [6.45, 7) is 0.668. The van der Waals surface area contributed by atoms with Gasteiger partial charge in [-0.3, -0.25) is 9.59 Å². The molecule has 0 spiro atoms. The largest absolute Gasteiger partial charge is 0.469 e. The van der Waals surface area contributed by atoms with E-state index < -0.39 is 0 Å². The Labute approximate surface area is 201 Å². The Morgan fingerprint density at radius 1 is 0.909 bits per heavy atom. The van der Waals surface area contributed by atoms with Crippen LogP contribution in [-0.4, -0.2) is 38.2 Å². The minimum Gasteiger partial charge on any atom is -0.469 e. The Bertz CT molecular complexity index is 821. The molecule has 4 aliphatic carbocycles. The van der Waals surface area contributed by atoms with Gasteiger partial charge in [0.2, 0.25) is 0 Å². The topological polar surface area (TPSA) is 90.7 Å². The fraction of sp³-hybridized carbons (Fsp3) is 0.680. The van der Waals surface area contributed by atoms with E-state index in [-0.39, 0.29) is 54.1 Å². The van der Waals surface area contributed by atoms with Gasteiger partial charge in [0, 0.05) is 18.6 Å². The van der Waals surface area contributed by atoms with Crippen LogP contribution in [0.1, 0.15) is 44.1 Å². The van der Waals surface area contributed by atoms with Gasteiger partial charge in [-0.05, 0) is 79.9 Å². The molecule has 0 aliphatic heterocycles. The van der Waals surface area contributed by atoms with Gasteiger partial charge >= 0.3 is 11.9 Å². The number of benzene rings is 1. The van der Waals surface area contributed by atoms with E-state index in [0.29, 0.717) is 30.2 Å². The van der Waals surface area contributed by atoms with Gasteiger partial charge in [-0.2, -0.15) is 0 Å². The SMILES string of the molecule is COC(=O)[C@@H]1[C@H]2CC[C@H](C2)[C@@H]1N.COC(=O)[C@@H]1[C@H]2CC[C@H](C2)[C@@H]1NCc1ccc(F)cc1.Cl. The maximum Gasteiger partial charge on any atom is 0.310 e. The fourth-order valence-electron chi connectivity index (χ4n) is 6.72. The lowest BCUT2D eigenvalue weighted by Crippen LogP contribution is -2.44. The van der Waals surface area contributed by atoms with Crippen LogP contribution in [0.15, 0.2) is 24.3 Å². The van der Waals surface area contributed by atoms with Crippen molar-refractivity contribution < 1.29 is 23.5 Å². The van der Waals surface area contributed by atoms with E-state index in [4.69, 9.17) is 15.2 Å². The van der Waals surface area contributed by atoms with Crippen LogP contribution in [0.3, 0.4) is 0 Å². The lowest BCUT2D eigenvalue weighted by molar-refractivity contribution is -0.149. The third-order valence-corrected chi connectivity index (χ3v) is 8.30. The molecule has 0 unspecified atom stereocenters. The van der Waals surface area contributed by atoms with Crippen molar-refractivity contribution >= 4 is 24.3 Å². The second kappa shape index (κ2) is 11.2. The van der Waals surface area contributed by atoms with Gasteiger partial charge in [-0.15, -0.1) is 12.4 Å². The lowest BCUT2D eigenvalue weighted by Gasteiger charge is -2.30. The predicted octanol–water partition coefficient (Wildman–Crippen LogP) is 3.46. The molecule has 4 aliphatic rings. The summed E-state index contributed by atoms with van der Waals surface area (Å²) >= 11 is 0. The zero-order chi connectivity index (χ0) is 22.8. The molecule has 4 bridgehead atoms. The van der Waals surface area contributed by atoms with Crippen LogP contribution in [0.2, 0.25) is 0 Å². The van der Waals surface area contributed by atoms with Crippen molar-refractivity contribution in [1.29, 1.82) is 0 Å². The molecule has 8 atom stereocenters. The first kappa shape index (κ1) is 25.9. The maximum absolute atomic E-state index is 12.9. The zero-order valence-corrected chi connectivity index (χ0v) is 20.2. The summed E-state index contributed by atoms with van der Waals surface area (Å²) in [5.74, 6) is 1.71. The number of methoxy groups -OCH3 is 2. The Morgan fingerprint density at radius 3 is 2.00 bits per heavy atom. The lowest BCUT2D eigenvalue weighted by atomic mass is 9.84. The molecule has 1 aromatic carbocycles. The molecular formula is C25H36ClFN2O4. The average molecular weight is 483 g/mol. The molecule has 5 rings (SSSR count). The van der Waals surface area contributed by atoms with Crippen LogP contribution in [0, 0.1) is 41.3 Å². The van der Waals surface area contributed by atoms with Gasteiger partial charge in [-0.1, -0.05) is 12.1 Å². The Balaban J connectivity index is 0.000000202. The normalized spacial score (nSPS) is 35.4. The van der Waals surface area contributed by atoms with Crippen molar-refractivity contribution in [2.75, 3.05) is 14.2 Å². The zero-order valence-electron chi connectivity index (χ0n) is 19.4. The summed E-state index contributed by atoms with van der Waals surface area (Å²) in [6.07, 6.45) is 6.97. The molecule has 4 saturated carbocycles. The molecule has 0 amide bonds. The Morgan fingerprint density at radius 2 is 1.42 bits per heavy atom. The molecule has 0 radical (unpaired) electrons. The Kier molecular flexibility index (Phi) is 8.76. The number of fused-ring (bicyclic) bond motifs is 4. The molecular weight excluding hydrogens is 447 g/mol. The number of carbonyl (C=O) groups excluding carboxylic acids is 2. The van der Waals surface area contributed by atoms with Gasteiger partial charge in [0.15, 0.2) is 0 Å². The number of ether oxygens (including phenoxy) is 2. The van der Waals surface area contributed by atoms with Crippen molar-refractivity contribution in [3.05, 3.63) is 35.6 Å². The number of nitrogens with one attached hydrogen (secondary N) is 1. The summed E-state index contributed by atoms with van der Waals surface area (Å²) < 4.78 is 22.6. The highest BCUT2D eigenvalue weighted by Gasteiger charge is 2.51. The minimum absolute atomic E-state index is 0. The highest BCUT2D eigenvalue weighted by molar-refractivity contribution is 5.85. The van der Waals surface area contributed by atoms with E-state index in [9.17, 15) is 14.0 Å². The molecule has 33 heavy (non-hydrogen) atoms. The molecule has 4 fully saturated rings. The van der Waals surface area contributed by atoms with Crippen molar-refractivity contribution in [3.8, 4) is 0 Å². The fourth-order valence-corrected chi connectivity index (χ4v) is 6.72. The van der Waals surface area contributed by atoms with Crippen molar-refractivity contribution in [1.82, 2.24) is 5.32 Å². The van der Waals surface area contributed by atoms with Crippen molar-refractivity contribution in [3.63, 3.8) is 0 Å². The van der Waals surface area contributed by atoms with Crippen LogP contribution in [0.4, 0.5) is 4.39 Å². The number of hydrogen-bond donors (Lipinski definition) is 2. The van der Waals surface area contributed by atoms with E-state index in [1.807, 2.05) is 0 Å². The minimum atomic E-state index is -0.221. The molecule has 0 heterocycles. The van der Waals surface area contributed by atoms with E-state index >= 15 is 0 Å². The van der Waals surface area contributed by atoms with Crippen LogP contribution in [0.5, 0.6) is 0 Å². The third kappa shape index (κ3) is 5.36. The number of hydrogen-bond acceptors (Lipinski definition) is 6. The van der Waals surface area contributed by atoms with Crippen LogP contribution >= 0.6 is 12.4 Å². The quantitative estimate of drug-likeness (QED) is 0.624. The molecule has 1 aromatic rings. The van der Waals surface area contributed by atoms with Gasteiger partial charge < -0.3 is 20.5 Å². The van der Waals surface area contributed by atoms with Crippen molar-refractivity contribution in [2.24, 2.45) is 41.2 Å². The summed E-state index contributed by atoms with van der Waals surface area (Å²) in [7, 11) is 2.91. The molecule has 3 N–H and O–H groups in total. The van der Waals surface area contributed by atoms with E-state index in [1.165, 1.54) is 39.2 Å². The van der Waals surface area contributed by atoms with Crippen LogP contribution in [0.25, 0.3) is 0 Å². The monoisotopic (exact) mass is 482 g/mol. The average Bonchev–Trinajstić information content (AvgIpc) is 3.59. The predicted molar refractivity (Wildman–Crippen MR) is 125 cm³/mol. The number of rotatable bonds is 5. The van der Waals surface area contributed by atoms with Gasteiger partial charge in [0.05, 0.1) is 26.1 Å². The first-order valence-electron chi connectivity index (χ1n) is 11.8. The first-order chi connectivity index (χ1) is 15.4. The maximum atomic E-state index is 12.9. The van der Waals surface area contributed by atoms with Crippen LogP contribution < -0.4 is 11.1 Å².